The first kappa shape index (κ1) is 11.5. The number of benzene rings is 1. The maximum absolute atomic E-state index is 5.65. The summed E-state index contributed by atoms with van der Waals surface area (Å²) in [6.45, 7) is 6.58. The van der Waals surface area contributed by atoms with Gasteiger partial charge in [-0.25, -0.2) is 0 Å². The summed E-state index contributed by atoms with van der Waals surface area (Å²) >= 11 is 3.36. The Morgan fingerprint density at radius 3 is 2.64 bits per heavy atom. The van der Waals surface area contributed by atoms with Crippen molar-refractivity contribution in [1.29, 1.82) is 0 Å². The smallest absolute Gasteiger partial charge is 0.0766 e. The molecule has 0 spiro atoms. The van der Waals surface area contributed by atoms with Gasteiger partial charge in [-0.3, -0.25) is 0 Å². The van der Waals surface area contributed by atoms with Crippen molar-refractivity contribution in [2.24, 2.45) is 0 Å². The molecule has 0 saturated carbocycles. The highest BCUT2D eigenvalue weighted by Crippen LogP contribution is 2.10. The molecule has 1 aromatic rings. The third-order valence-corrected chi connectivity index (χ3v) is 2.81. The van der Waals surface area contributed by atoms with Crippen molar-refractivity contribution in [2.75, 3.05) is 5.33 Å². The molecule has 1 rings (SSSR count). The molecule has 0 aliphatic heterocycles. The van der Waals surface area contributed by atoms with Crippen molar-refractivity contribution in [1.82, 2.24) is 0 Å². The van der Waals surface area contributed by atoms with Crippen LogP contribution in [0.3, 0.4) is 0 Å². The number of ether oxygens (including phenoxy) is 1. The average Bonchev–Trinajstić information content (AvgIpc) is 2.26. The fraction of sp³-hybridized carbons (Fsp3) is 0.333. The summed E-state index contributed by atoms with van der Waals surface area (Å²) in [5.74, 6) is 0. The predicted molar refractivity (Wildman–Crippen MR) is 63.6 cm³/mol. The lowest BCUT2D eigenvalue weighted by atomic mass is 10.2. The highest BCUT2D eigenvalue weighted by atomic mass is 79.9. The van der Waals surface area contributed by atoms with Crippen molar-refractivity contribution < 1.29 is 4.74 Å². The summed E-state index contributed by atoms with van der Waals surface area (Å²) in [4.78, 5) is 0. The third-order valence-electron chi connectivity index (χ3n) is 2.09. The topological polar surface area (TPSA) is 9.23 Å². The molecule has 0 bridgehead atoms. The number of alkyl halides is 1. The van der Waals surface area contributed by atoms with E-state index in [1.165, 1.54) is 5.56 Å². The van der Waals surface area contributed by atoms with E-state index in [1.807, 2.05) is 25.1 Å². The summed E-state index contributed by atoms with van der Waals surface area (Å²) < 4.78 is 5.65. The molecule has 1 nitrogen and oxygen atoms in total. The van der Waals surface area contributed by atoms with Crippen molar-refractivity contribution in [3.63, 3.8) is 0 Å². The van der Waals surface area contributed by atoms with Gasteiger partial charge in [0.15, 0.2) is 0 Å². The van der Waals surface area contributed by atoms with Crippen LogP contribution in [0.25, 0.3) is 0 Å². The SMILES string of the molecule is C=C(CBr)C(C)OCc1ccccc1. The van der Waals surface area contributed by atoms with Crippen molar-refractivity contribution >= 4 is 15.9 Å². The van der Waals surface area contributed by atoms with Crippen LogP contribution in [0.1, 0.15) is 12.5 Å². The normalized spacial score (nSPS) is 12.4. The Hall–Kier alpha value is -0.600. The summed E-state index contributed by atoms with van der Waals surface area (Å²) in [6.07, 6.45) is 0.106. The monoisotopic (exact) mass is 254 g/mol. The number of rotatable bonds is 5. The van der Waals surface area contributed by atoms with E-state index >= 15 is 0 Å². The molecule has 0 radical (unpaired) electrons. The van der Waals surface area contributed by atoms with Crippen LogP contribution in [0.2, 0.25) is 0 Å². The molecule has 0 saturated heterocycles. The van der Waals surface area contributed by atoms with E-state index in [4.69, 9.17) is 4.74 Å². The quantitative estimate of drug-likeness (QED) is 0.577. The van der Waals surface area contributed by atoms with E-state index in [9.17, 15) is 0 Å². The lowest BCUT2D eigenvalue weighted by Crippen LogP contribution is -2.11. The molecular weight excluding hydrogens is 240 g/mol. The molecule has 1 unspecified atom stereocenters. The third kappa shape index (κ3) is 3.64. The van der Waals surface area contributed by atoms with Gasteiger partial charge in [0, 0.05) is 5.33 Å². The molecule has 0 heterocycles. The molecule has 1 atom stereocenters. The van der Waals surface area contributed by atoms with Gasteiger partial charge in [0.25, 0.3) is 0 Å². The second kappa shape index (κ2) is 5.99. The fourth-order valence-corrected chi connectivity index (χ4v) is 1.48. The first-order chi connectivity index (χ1) is 6.74. The zero-order chi connectivity index (χ0) is 10.4. The maximum atomic E-state index is 5.65. The minimum Gasteiger partial charge on any atom is -0.369 e. The van der Waals surface area contributed by atoms with Gasteiger partial charge in [-0.05, 0) is 18.1 Å². The molecule has 1 aromatic carbocycles. The van der Waals surface area contributed by atoms with Gasteiger partial charge in [0.1, 0.15) is 0 Å². The Kier molecular flexibility index (Phi) is 4.91. The van der Waals surface area contributed by atoms with Gasteiger partial charge < -0.3 is 4.74 Å². The van der Waals surface area contributed by atoms with E-state index in [0.29, 0.717) is 6.61 Å². The van der Waals surface area contributed by atoms with Gasteiger partial charge in [-0.2, -0.15) is 0 Å². The summed E-state index contributed by atoms with van der Waals surface area (Å²) in [6, 6.07) is 10.2. The number of hydrogen-bond donors (Lipinski definition) is 0. The highest BCUT2D eigenvalue weighted by Gasteiger charge is 2.05. The lowest BCUT2D eigenvalue weighted by Gasteiger charge is -2.13. The lowest BCUT2D eigenvalue weighted by molar-refractivity contribution is 0.0773. The molecule has 14 heavy (non-hydrogen) atoms. The van der Waals surface area contributed by atoms with E-state index in [2.05, 4.69) is 34.6 Å². The highest BCUT2D eigenvalue weighted by molar-refractivity contribution is 9.09. The largest absolute Gasteiger partial charge is 0.369 e. The Labute approximate surface area is 93.9 Å². The van der Waals surface area contributed by atoms with Crippen LogP contribution in [0.15, 0.2) is 42.5 Å². The molecule has 2 heteroatoms. The molecular formula is C12H15BrO. The van der Waals surface area contributed by atoms with Gasteiger partial charge in [0.2, 0.25) is 0 Å². The Morgan fingerprint density at radius 2 is 2.07 bits per heavy atom. The van der Waals surface area contributed by atoms with E-state index in [-0.39, 0.29) is 6.10 Å². The van der Waals surface area contributed by atoms with Crippen molar-refractivity contribution in [2.45, 2.75) is 19.6 Å². The summed E-state index contributed by atoms with van der Waals surface area (Å²) in [7, 11) is 0. The molecule has 0 aliphatic carbocycles. The van der Waals surface area contributed by atoms with Gasteiger partial charge in [-0.1, -0.05) is 52.8 Å². The van der Waals surface area contributed by atoms with E-state index in [1.54, 1.807) is 0 Å². The zero-order valence-electron chi connectivity index (χ0n) is 8.37. The van der Waals surface area contributed by atoms with Crippen LogP contribution in [0, 0.1) is 0 Å². The van der Waals surface area contributed by atoms with Gasteiger partial charge >= 0.3 is 0 Å². The van der Waals surface area contributed by atoms with Crippen LogP contribution in [-0.4, -0.2) is 11.4 Å². The molecule has 0 aliphatic rings. The summed E-state index contributed by atoms with van der Waals surface area (Å²) in [5, 5.41) is 0.795. The van der Waals surface area contributed by atoms with Crippen LogP contribution in [0.5, 0.6) is 0 Å². The maximum Gasteiger partial charge on any atom is 0.0766 e. The second-order valence-corrected chi connectivity index (χ2v) is 3.79. The predicted octanol–water partition coefficient (Wildman–Crippen LogP) is 3.54. The molecule has 76 valence electrons. The van der Waals surface area contributed by atoms with Crippen LogP contribution >= 0.6 is 15.9 Å². The van der Waals surface area contributed by atoms with E-state index in [0.717, 1.165) is 10.9 Å². The van der Waals surface area contributed by atoms with Gasteiger partial charge in [-0.15, -0.1) is 0 Å². The Balaban J connectivity index is 2.38. The van der Waals surface area contributed by atoms with Gasteiger partial charge in [0.05, 0.1) is 12.7 Å². The Morgan fingerprint density at radius 1 is 1.43 bits per heavy atom. The Bertz CT molecular complexity index is 282. The van der Waals surface area contributed by atoms with Crippen LogP contribution in [0.4, 0.5) is 0 Å². The second-order valence-electron chi connectivity index (χ2n) is 3.23. The first-order valence-corrected chi connectivity index (χ1v) is 5.75. The van der Waals surface area contributed by atoms with Crippen LogP contribution in [-0.2, 0) is 11.3 Å². The minimum absolute atomic E-state index is 0.106. The standard InChI is InChI=1S/C12H15BrO/c1-10(8-13)11(2)14-9-12-6-4-3-5-7-12/h3-7,11H,1,8-9H2,2H3. The summed E-state index contributed by atoms with van der Waals surface area (Å²) in [5.41, 5.74) is 2.27. The number of hydrogen-bond acceptors (Lipinski definition) is 1. The fourth-order valence-electron chi connectivity index (χ4n) is 1.02. The molecule has 0 aromatic heterocycles. The zero-order valence-corrected chi connectivity index (χ0v) is 9.96. The average molecular weight is 255 g/mol. The van der Waals surface area contributed by atoms with E-state index < -0.39 is 0 Å². The van der Waals surface area contributed by atoms with Crippen LogP contribution < -0.4 is 0 Å². The van der Waals surface area contributed by atoms with Crippen molar-refractivity contribution in [3.8, 4) is 0 Å². The minimum atomic E-state index is 0.106. The molecule has 0 fully saturated rings. The molecule has 0 N–H and O–H groups in total. The molecule has 0 amide bonds. The first-order valence-electron chi connectivity index (χ1n) is 4.63. The van der Waals surface area contributed by atoms with Crippen molar-refractivity contribution in [3.05, 3.63) is 48.0 Å². The number of halogens is 1.